The van der Waals surface area contributed by atoms with Crippen LogP contribution in [0.15, 0.2) is 146 Å². The van der Waals surface area contributed by atoms with Gasteiger partial charge in [0, 0.05) is 46.3 Å². The minimum atomic E-state index is 0.802. The summed E-state index contributed by atoms with van der Waals surface area (Å²) in [4.78, 5) is 29.0. The van der Waals surface area contributed by atoms with Crippen molar-refractivity contribution in [3.8, 4) is 45.0 Å². The lowest BCUT2D eigenvalue weighted by atomic mass is 9.93. The molecule has 0 radical (unpaired) electrons. The Kier molecular flexibility index (Phi) is 6.03. The number of benzene rings is 3. The third-order valence-corrected chi connectivity index (χ3v) is 8.44. The van der Waals surface area contributed by atoms with Crippen molar-refractivity contribution < 1.29 is 0 Å². The van der Waals surface area contributed by atoms with Crippen LogP contribution in [0.1, 0.15) is 0 Å². The molecule has 0 saturated carbocycles. The molecule has 9 rings (SSSR count). The fraction of sp³-hybridized carbons (Fsp3) is 0. The minimum absolute atomic E-state index is 0.802. The van der Waals surface area contributed by atoms with E-state index in [1.807, 2.05) is 60.9 Å². The van der Waals surface area contributed by atoms with Gasteiger partial charge in [0.25, 0.3) is 0 Å². The maximum Gasteiger partial charge on any atom is 0.0979 e. The van der Waals surface area contributed by atoms with Crippen molar-refractivity contribution in [1.29, 1.82) is 0 Å². The molecule has 0 amide bonds. The van der Waals surface area contributed by atoms with Crippen LogP contribution in [-0.2, 0) is 0 Å². The van der Waals surface area contributed by atoms with E-state index in [0.717, 1.165) is 88.6 Å². The number of aromatic nitrogens is 6. The lowest BCUT2D eigenvalue weighted by Gasteiger charge is -2.14. The van der Waals surface area contributed by atoms with Crippen LogP contribution in [0, 0.1) is 0 Å². The van der Waals surface area contributed by atoms with Gasteiger partial charge >= 0.3 is 0 Å². The highest BCUT2D eigenvalue weighted by Gasteiger charge is 2.17. The molecule has 6 heterocycles. The molecule has 0 aliphatic rings. The van der Waals surface area contributed by atoms with Crippen molar-refractivity contribution in [1.82, 2.24) is 29.9 Å². The molecule has 0 atom stereocenters. The monoisotopic (exact) mass is 588 g/mol. The van der Waals surface area contributed by atoms with Gasteiger partial charge in [0.1, 0.15) is 0 Å². The number of hydrogen-bond donors (Lipinski definition) is 0. The Morgan fingerprint density at radius 3 is 1.30 bits per heavy atom. The Morgan fingerprint density at radius 2 is 0.826 bits per heavy atom. The van der Waals surface area contributed by atoms with Crippen LogP contribution in [0.2, 0.25) is 0 Å². The zero-order chi connectivity index (χ0) is 30.5. The molecular formula is C40H24N6. The molecule has 6 nitrogen and oxygen atoms in total. The number of nitrogens with zero attached hydrogens (tertiary/aromatic N) is 6. The van der Waals surface area contributed by atoms with Crippen LogP contribution in [0.3, 0.4) is 0 Å². The Labute approximate surface area is 264 Å². The smallest absolute Gasteiger partial charge is 0.0979 e. The molecule has 3 aromatic carbocycles. The second-order valence-corrected chi connectivity index (χ2v) is 11.2. The highest BCUT2D eigenvalue weighted by Crippen LogP contribution is 2.39. The van der Waals surface area contributed by atoms with E-state index in [1.165, 1.54) is 0 Å². The fourth-order valence-corrected chi connectivity index (χ4v) is 6.28. The highest BCUT2D eigenvalue weighted by molar-refractivity contribution is 6.11. The Hall–Kier alpha value is -6.40. The Balaban J connectivity index is 1.31. The number of rotatable bonds is 4. The Morgan fingerprint density at radius 1 is 0.326 bits per heavy atom. The zero-order valence-corrected chi connectivity index (χ0v) is 24.5. The van der Waals surface area contributed by atoms with E-state index in [0.29, 0.717) is 0 Å². The van der Waals surface area contributed by atoms with Gasteiger partial charge in [-0.3, -0.25) is 19.9 Å². The molecule has 9 aromatic rings. The maximum absolute atomic E-state index is 5.11. The van der Waals surface area contributed by atoms with Crippen molar-refractivity contribution in [2.45, 2.75) is 0 Å². The first kappa shape index (κ1) is 26.0. The SMILES string of the molecule is c1ccc(-c2cc(-c3cccc(-c4cc(-c5ccccn5)nc5c4ccc4cccnc45)c3)c3ccc4cccnc4c3n2)nc1. The molecule has 0 unspecified atom stereocenters. The van der Waals surface area contributed by atoms with Crippen LogP contribution in [0.5, 0.6) is 0 Å². The van der Waals surface area contributed by atoms with Gasteiger partial charge in [-0.2, -0.15) is 0 Å². The van der Waals surface area contributed by atoms with E-state index in [2.05, 4.69) is 82.8 Å². The topological polar surface area (TPSA) is 77.3 Å². The second-order valence-electron chi connectivity index (χ2n) is 11.2. The highest BCUT2D eigenvalue weighted by atomic mass is 14.8. The summed E-state index contributed by atoms with van der Waals surface area (Å²) in [5.74, 6) is 0. The van der Waals surface area contributed by atoms with Gasteiger partial charge in [0.2, 0.25) is 0 Å². The summed E-state index contributed by atoms with van der Waals surface area (Å²) in [6, 6.07) is 41.3. The molecule has 0 aliphatic carbocycles. The largest absolute Gasteiger partial charge is 0.255 e. The number of fused-ring (bicyclic) bond motifs is 6. The van der Waals surface area contributed by atoms with Gasteiger partial charge in [0.05, 0.1) is 44.8 Å². The standard InChI is InChI=1S/C40H24N6/c1-3-18-41-33(12-1)35-23-31(29-16-14-25-10-6-20-43-37(25)39(29)45-35)27-8-5-9-28(22-27)32-24-36(34-13-2-4-19-42-34)46-40-30(32)17-15-26-11-7-21-44-38(26)40/h1-24H. The van der Waals surface area contributed by atoms with Crippen molar-refractivity contribution in [2.24, 2.45) is 0 Å². The predicted octanol–water partition coefficient (Wildman–Crippen LogP) is 9.34. The third kappa shape index (κ3) is 4.35. The molecular weight excluding hydrogens is 564 g/mol. The summed E-state index contributed by atoms with van der Waals surface area (Å²) in [6.07, 6.45) is 7.25. The van der Waals surface area contributed by atoms with Crippen molar-refractivity contribution >= 4 is 43.6 Å². The molecule has 0 fully saturated rings. The van der Waals surface area contributed by atoms with Crippen molar-refractivity contribution in [3.63, 3.8) is 0 Å². The summed E-state index contributed by atoms with van der Waals surface area (Å²) < 4.78 is 0. The van der Waals surface area contributed by atoms with Crippen LogP contribution in [-0.4, -0.2) is 29.9 Å². The van der Waals surface area contributed by atoms with E-state index in [1.54, 1.807) is 12.4 Å². The summed E-state index contributed by atoms with van der Waals surface area (Å²) in [5, 5.41) is 4.16. The summed E-state index contributed by atoms with van der Waals surface area (Å²) >= 11 is 0. The Bertz CT molecular complexity index is 2410. The van der Waals surface area contributed by atoms with Gasteiger partial charge < -0.3 is 0 Å². The van der Waals surface area contributed by atoms with E-state index >= 15 is 0 Å². The van der Waals surface area contributed by atoms with Gasteiger partial charge in [-0.05, 0) is 76.9 Å². The number of pyridine rings is 6. The quantitative estimate of drug-likeness (QED) is 0.191. The molecule has 0 N–H and O–H groups in total. The summed E-state index contributed by atoms with van der Waals surface area (Å²) in [6.45, 7) is 0. The molecule has 0 bridgehead atoms. The normalized spacial score (nSPS) is 11.5. The molecule has 0 saturated heterocycles. The second kappa shape index (κ2) is 10.6. The van der Waals surface area contributed by atoms with Gasteiger partial charge in [-0.25, -0.2) is 9.97 Å². The first-order valence-corrected chi connectivity index (χ1v) is 15.1. The summed E-state index contributed by atoms with van der Waals surface area (Å²) in [5.41, 5.74) is 10.9. The van der Waals surface area contributed by atoms with Crippen molar-refractivity contribution in [3.05, 3.63) is 146 Å². The van der Waals surface area contributed by atoms with Crippen LogP contribution in [0.4, 0.5) is 0 Å². The fourth-order valence-electron chi connectivity index (χ4n) is 6.28. The van der Waals surface area contributed by atoms with E-state index < -0.39 is 0 Å². The van der Waals surface area contributed by atoms with Gasteiger partial charge in [0.15, 0.2) is 0 Å². The number of hydrogen-bond acceptors (Lipinski definition) is 6. The molecule has 46 heavy (non-hydrogen) atoms. The zero-order valence-electron chi connectivity index (χ0n) is 24.5. The van der Waals surface area contributed by atoms with Crippen LogP contribution >= 0.6 is 0 Å². The van der Waals surface area contributed by atoms with Crippen LogP contribution < -0.4 is 0 Å². The lowest BCUT2D eigenvalue weighted by Crippen LogP contribution is -1.95. The first-order chi connectivity index (χ1) is 22.8. The van der Waals surface area contributed by atoms with Crippen LogP contribution in [0.25, 0.3) is 88.6 Å². The minimum Gasteiger partial charge on any atom is -0.255 e. The molecule has 214 valence electrons. The van der Waals surface area contributed by atoms with Crippen molar-refractivity contribution in [2.75, 3.05) is 0 Å². The average molecular weight is 589 g/mol. The predicted molar refractivity (Wildman–Crippen MR) is 185 cm³/mol. The molecule has 0 spiro atoms. The molecule has 6 heteroatoms. The lowest BCUT2D eigenvalue weighted by molar-refractivity contribution is 1.27. The van der Waals surface area contributed by atoms with Gasteiger partial charge in [-0.15, -0.1) is 0 Å². The maximum atomic E-state index is 5.11. The molecule has 6 aromatic heterocycles. The molecule has 0 aliphatic heterocycles. The summed E-state index contributed by atoms with van der Waals surface area (Å²) in [7, 11) is 0. The van der Waals surface area contributed by atoms with Gasteiger partial charge in [-0.1, -0.05) is 66.7 Å². The van der Waals surface area contributed by atoms with E-state index in [-0.39, 0.29) is 0 Å². The third-order valence-electron chi connectivity index (χ3n) is 8.44. The van der Waals surface area contributed by atoms with E-state index in [9.17, 15) is 0 Å². The van der Waals surface area contributed by atoms with E-state index in [4.69, 9.17) is 19.9 Å². The average Bonchev–Trinajstić information content (AvgIpc) is 3.14. The first-order valence-electron chi connectivity index (χ1n) is 15.1.